The Balaban J connectivity index is 2.32. The fourth-order valence-corrected chi connectivity index (χ4v) is 2.27. The molecular formula is C18H19NO4. The first-order valence-corrected chi connectivity index (χ1v) is 7.19. The molecule has 0 aliphatic rings. The molecule has 0 N–H and O–H groups in total. The Morgan fingerprint density at radius 2 is 1.78 bits per heavy atom. The molecule has 0 saturated heterocycles. The molecule has 1 heterocycles. The number of esters is 2. The summed E-state index contributed by atoms with van der Waals surface area (Å²) in [7, 11) is 2.62. The van der Waals surface area contributed by atoms with Gasteiger partial charge in [-0.2, -0.15) is 0 Å². The predicted octanol–water partition coefficient (Wildman–Crippen LogP) is 2.66. The van der Waals surface area contributed by atoms with Crippen molar-refractivity contribution in [1.29, 1.82) is 0 Å². The lowest BCUT2D eigenvalue weighted by Crippen LogP contribution is -2.09. The second-order valence-electron chi connectivity index (χ2n) is 4.95. The lowest BCUT2D eigenvalue weighted by molar-refractivity contribution is -0.139. The Morgan fingerprint density at radius 1 is 1.04 bits per heavy atom. The van der Waals surface area contributed by atoms with Crippen molar-refractivity contribution in [2.24, 2.45) is 0 Å². The molecule has 120 valence electrons. The van der Waals surface area contributed by atoms with E-state index >= 15 is 0 Å². The number of ether oxygens (including phenoxy) is 2. The van der Waals surface area contributed by atoms with Crippen molar-refractivity contribution in [1.82, 2.24) is 4.57 Å². The fraction of sp³-hybridized carbons (Fsp3) is 0.222. The summed E-state index contributed by atoms with van der Waals surface area (Å²) in [4.78, 5) is 23.2. The molecule has 1 aromatic carbocycles. The molecule has 0 fully saturated rings. The summed E-state index contributed by atoms with van der Waals surface area (Å²) in [6, 6.07) is 13.7. The molecule has 0 spiro atoms. The van der Waals surface area contributed by atoms with Crippen LogP contribution in [0.15, 0.2) is 54.7 Å². The molecule has 0 saturated carbocycles. The van der Waals surface area contributed by atoms with Crippen molar-refractivity contribution in [3.63, 3.8) is 0 Å². The number of rotatable bonds is 6. The summed E-state index contributed by atoms with van der Waals surface area (Å²) < 4.78 is 11.4. The van der Waals surface area contributed by atoms with E-state index < -0.39 is 11.9 Å². The number of hydrogen-bond donors (Lipinski definition) is 0. The predicted molar refractivity (Wildman–Crippen MR) is 86.6 cm³/mol. The van der Waals surface area contributed by atoms with Crippen LogP contribution in [0.5, 0.6) is 0 Å². The van der Waals surface area contributed by atoms with Gasteiger partial charge in [0.1, 0.15) is 0 Å². The van der Waals surface area contributed by atoms with Gasteiger partial charge < -0.3 is 14.0 Å². The minimum atomic E-state index is -0.503. The summed E-state index contributed by atoms with van der Waals surface area (Å²) in [6.07, 6.45) is 3.24. The maximum Gasteiger partial charge on any atom is 0.330 e. The molecule has 0 aliphatic carbocycles. The van der Waals surface area contributed by atoms with Gasteiger partial charge in [0.15, 0.2) is 0 Å². The number of hydrogen-bond acceptors (Lipinski definition) is 4. The van der Waals surface area contributed by atoms with Crippen LogP contribution in [0, 0.1) is 0 Å². The molecule has 5 nitrogen and oxygen atoms in total. The van der Waals surface area contributed by atoms with Crippen LogP contribution in [-0.2, 0) is 25.6 Å². The highest BCUT2D eigenvalue weighted by Gasteiger charge is 2.14. The van der Waals surface area contributed by atoms with Crippen molar-refractivity contribution in [3.05, 3.63) is 66.0 Å². The zero-order valence-electron chi connectivity index (χ0n) is 13.2. The van der Waals surface area contributed by atoms with Crippen molar-refractivity contribution < 1.29 is 19.1 Å². The lowest BCUT2D eigenvalue weighted by atomic mass is 10.1. The van der Waals surface area contributed by atoms with E-state index in [9.17, 15) is 9.59 Å². The Kier molecular flexibility index (Phi) is 5.74. The highest BCUT2D eigenvalue weighted by Crippen LogP contribution is 2.21. The highest BCUT2D eigenvalue weighted by molar-refractivity contribution is 5.95. The molecular weight excluding hydrogens is 294 g/mol. The first-order valence-electron chi connectivity index (χ1n) is 7.19. The standard InChI is InChI=1S/C18H19NO4/c1-22-17(20)11-15(12-18(21)23-2)16-9-6-10-19(16)13-14-7-4-3-5-8-14/h3-11H,12-13H2,1-2H3/b15-11-. The van der Waals surface area contributed by atoms with E-state index in [4.69, 9.17) is 4.74 Å². The molecule has 2 rings (SSSR count). The van der Waals surface area contributed by atoms with Gasteiger partial charge in [0.2, 0.25) is 0 Å². The molecule has 2 aromatic rings. The van der Waals surface area contributed by atoms with Crippen LogP contribution < -0.4 is 0 Å². The van der Waals surface area contributed by atoms with Gasteiger partial charge >= 0.3 is 11.9 Å². The van der Waals surface area contributed by atoms with Crippen LogP contribution in [0.1, 0.15) is 17.7 Å². The molecule has 5 heteroatoms. The SMILES string of the molecule is COC(=O)/C=C(/CC(=O)OC)c1cccn1Cc1ccccc1. The van der Waals surface area contributed by atoms with Crippen LogP contribution in [0.4, 0.5) is 0 Å². The summed E-state index contributed by atoms with van der Waals surface area (Å²) >= 11 is 0. The summed E-state index contributed by atoms with van der Waals surface area (Å²) in [5.41, 5.74) is 2.47. The van der Waals surface area contributed by atoms with Gasteiger partial charge in [-0.25, -0.2) is 4.79 Å². The van der Waals surface area contributed by atoms with E-state index in [0.29, 0.717) is 12.1 Å². The van der Waals surface area contributed by atoms with Crippen LogP contribution in [0.3, 0.4) is 0 Å². The third-order valence-electron chi connectivity index (χ3n) is 3.41. The Labute approximate surface area is 135 Å². The average Bonchev–Trinajstić information content (AvgIpc) is 3.02. The Bertz CT molecular complexity index is 701. The summed E-state index contributed by atoms with van der Waals surface area (Å²) in [5.74, 6) is -0.913. The molecule has 0 radical (unpaired) electrons. The first-order chi connectivity index (χ1) is 11.1. The van der Waals surface area contributed by atoms with Crippen LogP contribution in [-0.4, -0.2) is 30.7 Å². The van der Waals surface area contributed by atoms with Crippen LogP contribution in [0.2, 0.25) is 0 Å². The van der Waals surface area contributed by atoms with Crippen LogP contribution in [0.25, 0.3) is 5.57 Å². The second kappa shape index (κ2) is 7.98. The lowest BCUT2D eigenvalue weighted by Gasteiger charge is -2.12. The number of aromatic nitrogens is 1. The number of carbonyl (C=O) groups is 2. The van der Waals surface area contributed by atoms with Gasteiger partial charge in [-0.1, -0.05) is 30.3 Å². The van der Waals surface area contributed by atoms with Crippen molar-refractivity contribution in [2.45, 2.75) is 13.0 Å². The summed E-state index contributed by atoms with van der Waals surface area (Å²) in [6.45, 7) is 0.642. The van der Waals surface area contributed by atoms with E-state index in [2.05, 4.69) is 4.74 Å². The highest BCUT2D eigenvalue weighted by atomic mass is 16.5. The topological polar surface area (TPSA) is 57.5 Å². The fourth-order valence-electron chi connectivity index (χ4n) is 2.27. The minimum Gasteiger partial charge on any atom is -0.469 e. The number of nitrogens with zero attached hydrogens (tertiary/aromatic N) is 1. The third-order valence-corrected chi connectivity index (χ3v) is 3.41. The maximum atomic E-state index is 11.6. The van der Waals surface area contributed by atoms with Crippen LogP contribution >= 0.6 is 0 Å². The largest absolute Gasteiger partial charge is 0.469 e. The first kappa shape index (κ1) is 16.5. The third kappa shape index (κ3) is 4.57. The van der Waals surface area contributed by atoms with Gasteiger partial charge in [0, 0.05) is 24.5 Å². The van der Waals surface area contributed by atoms with Gasteiger partial charge in [-0.15, -0.1) is 0 Å². The molecule has 0 aliphatic heterocycles. The van der Waals surface area contributed by atoms with Gasteiger partial charge in [0.05, 0.1) is 20.6 Å². The zero-order valence-corrected chi connectivity index (χ0v) is 13.2. The number of methoxy groups -OCH3 is 2. The molecule has 1 aromatic heterocycles. The van der Waals surface area contributed by atoms with Crippen molar-refractivity contribution in [2.75, 3.05) is 14.2 Å². The van der Waals surface area contributed by atoms with Gasteiger partial charge in [0.25, 0.3) is 0 Å². The quantitative estimate of drug-likeness (QED) is 0.608. The number of carbonyl (C=O) groups excluding carboxylic acids is 2. The van der Waals surface area contributed by atoms with E-state index in [1.165, 1.54) is 20.3 Å². The Morgan fingerprint density at radius 3 is 2.43 bits per heavy atom. The smallest absolute Gasteiger partial charge is 0.330 e. The maximum absolute atomic E-state index is 11.6. The van der Waals surface area contributed by atoms with Crippen molar-refractivity contribution >= 4 is 17.5 Å². The second-order valence-corrected chi connectivity index (χ2v) is 4.95. The molecule has 23 heavy (non-hydrogen) atoms. The zero-order chi connectivity index (χ0) is 16.7. The van der Waals surface area contributed by atoms with E-state index in [1.807, 2.05) is 53.2 Å². The van der Waals surface area contributed by atoms with Gasteiger partial charge in [-0.05, 0) is 23.3 Å². The molecule has 0 bridgehead atoms. The van der Waals surface area contributed by atoms with Gasteiger partial charge in [-0.3, -0.25) is 4.79 Å². The minimum absolute atomic E-state index is 0.00437. The molecule has 0 atom stereocenters. The average molecular weight is 313 g/mol. The van der Waals surface area contributed by atoms with E-state index in [0.717, 1.165) is 11.3 Å². The monoisotopic (exact) mass is 313 g/mol. The molecule has 0 amide bonds. The van der Waals surface area contributed by atoms with E-state index in [-0.39, 0.29) is 6.42 Å². The normalized spacial score (nSPS) is 11.1. The van der Waals surface area contributed by atoms with Crippen molar-refractivity contribution in [3.8, 4) is 0 Å². The molecule has 0 unspecified atom stereocenters. The van der Waals surface area contributed by atoms with E-state index in [1.54, 1.807) is 0 Å². The summed E-state index contributed by atoms with van der Waals surface area (Å²) in [5, 5.41) is 0. The Hall–Kier alpha value is -2.82. The number of benzene rings is 1.